The Hall–Kier alpha value is -3.40. The predicted octanol–water partition coefficient (Wildman–Crippen LogP) is 2.84. The van der Waals surface area contributed by atoms with Crippen molar-refractivity contribution in [3.63, 3.8) is 0 Å². The van der Waals surface area contributed by atoms with E-state index in [0.717, 1.165) is 35.7 Å². The Kier molecular flexibility index (Phi) is 5.99. The van der Waals surface area contributed by atoms with Crippen LogP contribution in [-0.2, 0) is 4.84 Å². The largest absolute Gasteiger partial charge is 0.491 e. The van der Waals surface area contributed by atoms with E-state index < -0.39 is 0 Å². The fourth-order valence-corrected chi connectivity index (χ4v) is 4.35. The molecule has 33 heavy (non-hydrogen) atoms. The average molecular weight is 456 g/mol. The molecule has 1 aromatic heterocycles. The van der Waals surface area contributed by atoms with E-state index in [1.54, 1.807) is 25.3 Å². The predicted molar refractivity (Wildman–Crippen MR) is 120 cm³/mol. The first-order chi connectivity index (χ1) is 16.2. The summed E-state index contributed by atoms with van der Waals surface area (Å²) in [5, 5.41) is 1.45. The Balaban J connectivity index is 1.31. The number of urea groups is 1. The summed E-state index contributed by atoms with van der Waals surface area (Å²) in [5.41, 5.74) is 1.77. The maximum absolute atomic E-state index is 12.6. The lowest BCUT2D eigenvalue weighted by Crippen LogP contribution is -2.40. The van der Waals surface area contributed by atoms with Crippen molar-refractivity contribution in [3.8, 4) is 23.1 Å². The summed E-state index contributed by atoms with van der Waals surface area (Å²) in [6.07, 6.45) is 3.33. The minimum absolute atomic E-state index is 0.0738. The van der Waals surface area contributed by atoms with Crippen LogP contribution >= 0.6 is 0 Å². The van der Waals surface area contributed by atoms with Gasteiger partial charge in [-0.25, -0.2) is 14.8 Å². The molecular formula is C23H28N4O6. The van der Waals surface area contributed by atoms with E-state index in [4.69, 9.17) is 23.8 Å². The summed E-state index contributed by atoms with van der Waals surface area (Å²) in [4.78, 5) is 26.2. The second kappa shape index (κ2) is 9.22. The van der Waals surface area contributed by atoms with E-state index >= 15 is 0 Å². The lowest BCUT2D eigenvalue weighted by atomic mass is 10.2. The molecule has 1 aromatic carbocycles. The molecule has 10 nitrogen and oxygen atoms in total. The number of anilines is 2. The van der Waals surface area contributed by atoms with Crippen LogP contribution in [0.15, 0.2) is 30.5 Å². The molecule has 2 saturated heterocycles. The van der Waals surface area contributed by atoms with Crippen LogP contribution in [-0.4, -0.2) is 80.7 Å². The van der Waals surface area contributed by atoms with Crippen molar-refractivity contribution in [3.05, 3.63) is 30.5 Å². The summed E-state index contributed by atoms with van der Waals surface area (Å²) < 4.78 is 22.8. The molecule has 5 rings (SSSR count). The molecule has 3 aliphatic rings. The van der Waals surface area contributed by atoms with Gasteiger partial charge in [0.2, 0.25) is 0 Å². The first-order valence-electron chi connectivity index (χ1n) is 11.1. The van der Waals surface area contributed by atoms with Crippen molar-refractivity contribution in [1.82, 2.24) is 14.9 Å². The maximum atomic E-state index is 12.6. The zero-order chi connectivity index (χ0) is 22.8. The standard InChI is InChI=1S/C23H28N4O6/c1-29-21-12-16(14-24-22(21)30-2)26-9-11-31-20-5-4-17(13-19(20)26)33-18-6-8-25(15-18)23(28)27-7-3-10-32-27/h4-5,12-14,18H,3,6-11,15H2,1-2H3/t18-/m0/s1. The molecule has 2 amide bonds. The number of hydroxylamine groups is 2. The van der Waals surface area contributed by atoms with Crippen molar-refractivity contribution in [2.75, 3.05) is 58.5 Å². The number of methoxy groups -OCH3 is 2. The zero-order valence-electron chi connectivity index (χ0n) is 18.9. The van der Waals surface area contributed by atoms with Gasteiger partial charge >= 0.3 is 6.03 Å². The third-order valence-corrected chi connectivity index (χ3v) is 6.01. The molecular weight excluding hydrogens is 428 g/mol. The first kappa shape index (κ1) is 21.4. The highest BCUT2D eigenvalue weighted by molar-refractivity contribution is 5.74. The van der Waals surface area contributed by atoms with E-state index in [1.165, 1.54) is 5.06 Å². The van der Waals surface area contributed by atoms with Crippen LogP contribution in [0, 0.1) is 0 Å². The number of carbonyl (C=O) groups excluding carboxylic acids is 1. The fraction of sp³-hybridized carbons (Fsp3) is 0.478. The van der Waals surface area contributed by atoms with Crippen LogP contribution in [0.3, 0.4) is 0 Å². The molecule has 0 N–H and O–H groups in total. The number of pyridine rings is 1. The molecule has 2 fully saturated rings. The lowest BCUT2D eigenvalue weighted by Gasteiger charge is -2.31. The van der Waals surface area contributed by atoms with Gasteiger partial charge in [-0.3, -0.25) is 4.84 Å². The van der Waals surface area contributed by atoms with Gasteiger partial charge in [-0.2, -0.15) is 0 Å². The molecule has 1 atom stereocenters. The third kappa shape index (κ3) is 4.30. The number of rotatable bonds is 5. The molecule has 0 aliphatic carbocycles. The highest BCUT2D eigenvalue weighted by Crippen LogP contribution is 2.41. The topological polar surface area (TPSA) is 85.8 Å². The second-order valence-corrected chi connectivity index (χ2v) is 8.08. The van der Waals surface area contributed by atoms with Gasteiger partial charge in [0.25, 0.3) is 5.88 Å². The van der Waals surface area contributed by atoms with Gasteiger partial charge in [0.05, 0.1) is 58.0 Å². The molecule has 0 saturated carbocycles. The van der Waals surface area contributed by atoms with E-state index in [9.17, 15) is 4.79 Å². The highest BCUT2D eigenvalue weighted by atomic mass is 16.7. The van der Waals surface area contributed by atoms with Gasteiger partial charge in [0.1, 0.15) is 24.2 Å². The molecule has 0 bridgehead atoms. The van der Waals surface area contributed by atoms with Gasteiger partial charge in [-0.1, -0.05) is 0 Å². The van der Waals surface area contributed by atoms with E-state index in [1.807, 2.05) is 24.3 Å². The van der Waals surface area contributed by atoms with Crippen LogP contribution in [0.5, 0.6) is 23.1 Å². The van der Waals surface area contributed by atoms with E-state index in [2.05, 4.69) is 9.88 Å². The Morgan fingerprint density at radius 1 is 1.12 bits per heavy atom. The summed E-state index contributed by atoms with van der Waals surface area (Å²) in [6.45, 7) is 3.65. The van der Waals surface area contributed by atoms with Crippen molar-refractivity contribution in [2.24, 2.45) is 0 Å². The van der Waals surface area contributed by atoms with Gasteiger partial charge in [0.15, 0.2) is 5.75 Å². The van der Waals surface area contributed by atoms with Crippen LogP contribution in [0.2, 0.25) is 0 Å². The fourth-order valence-electron chi connectivity index (χ4n) is 4.35. The summed E-state index contributed by atoms with van der Waals surface area (Å²) in [7, 11) is 3.15. The molecule has 4 heterocycles. The molecule has 3 aliphatic heterocycles. The number of carbonyl (C=O) groups is 1. The maximum Gasteiger partial charge on any atom is 0.344 e. The molecule has 10 heteroatoms. The zero-order valence-corrected chi connectivity index (χ0v) is 18.9. The highest BCUT2D eigenvalue weighted by Gasteiger charge is 2.32. The summed E-state index contributed by atoms with van der Waals surface area (Å²) >= 11 is 0. The van der Waals surface area contributed by atoms with Crippen molar-refractivity contribution < 1.29 is 28.6 Å². The minimum atomic E-state index is -0.0791. The average Bonchev–Trinajstić information content (AvgIpc) is 3.55. The summed E-state index contributed by atoms with van der Waals surface area (Å²) in [5.74, 6) is 2.51. The lowest BCUT2D eigenvalue weighted by molar-refractivity contribution is -0.0761. The van der Waals surface area contributed by atoms with Crippen LogP contribution in [0.4, 0.5) is 16.2 Å². The van der Waals surface area contributed by atoms with Gasteiger partial charge < -0.3 is 28.7 Å². The third-order valence-electron chi connectivity index (χ3n) is 6.01. The first-order valence-corrected chi connectivity index (χ1v) is 11.1. The normalized spacial score (nSPS) is 19.8. The molecule has 0 spiro atoms. The Morgan fingerprint density at radius 2 is 2.03 bits per heavy atom. The van der Waals surface area contributed by atoms with Gasteiger partial charge in [-0.15, -0.1) is 0 Å². The minimum Gasteiger partial charge on any atom is -0.491 e. The number of aromatic nitrogens is 1. The molecule has 0 radical (unpaired) electrons. The number of hydrogen-bond acceptors (Lipinski definition) is 8. The van der Waals surface area contributed by atoms with Gasteiger partial charge in [0, 0.05) is 25.1 Å². The molecule has 176 valence electrons. The van der Waals surface area contributed by atoms with Gasteiger partial charge in [-0.05, 0) is 18.6 Å². The van der Waals surface area contributed by atoms with Crippen LogP contribution in [0.25, 0.3) is 0 Å². The smallest absolute Gasteiger partial charge is 0.344 e. The monoisotopic (exact) mass is 456 g/mol. The van der Waals surface area contributed by atoms with Crippen LogP contribution < -0.4 is 23.8 Å². The molecule has 2 aromatic rings. The number of nitrogens with zero attached hydrogens (tertiary/aromatic N) is 4. The second-order valence-electron chi connectivity index (χ2n) is 8.08. The number of likely N-dealkylation sites (tertiary alicyclic amines) is 1. The number of fused-ring (bicyclic) bond motifs is 1. The Labute approximate surface area is 192 Å². The van der Waals surface area contributed by atoms with Crippen LogP contribution in [0.1, 0.15) is 12.8 Å². The number of benzene rings is 1. The van der Waals surface area contributed by atoms with E-state index in [-0.39, 0.29) is 12.1 Å². The molecule has 0 unspecified atom stereocenters. The SMILES string of the molecule is COc1cc(N2CCOc3ccc(O[C@H]4CCN(C(=O)N5CCCO5)C4)cc32)cnc1OC. The Bertz CT molecular complexity index is 1010. The van der Waals surface area contributed by atoms with Crippen molar-refractivity contribution >= 4 is 17.4 Å². The quantitative estimate of drug-likeness (QED) is 0.679. The summed E-state index contributed by atoms with van der Waals surface area (Å²) in [6, 6.07) is 7.61. The number of hydrogen-bond donors (Lipinski definition) is 0. The number of amides is 2. The Morgan fingerprint density at radius 3 is 2.82 bits per heavy atom. The van der Waals surface area contributed by atoms with E-state index in [0.29, 0.717) is 51.0 Å². The van der Waals surface area contributed by atoms with Crippen molar-refractivity contribution in [1.29, 1.82) is 0 Å². The number of ether oxygens (including phenoxy) is 4. The van der Waals surface area contributed by atoms with Crippen molar-refractivity contribution in [2.45, 2.75) is 18.9 Å².